The highest BCUT2D eigenvalue weighted by Gasteiger charge is 2.15. The molecular formula is C14H18FNO. The van der Waals surface area contributed by atoms with E-state index in [1.165, 1.54) is 12.1 Å². The van der Waals surface area contributed by atoms with E-state index in [-0.39, 0.29) is 18.0 Å². The van der Waals surface area contributed by atoms with Gasteiger partial charge in [-0.2, -0.15) is 0 Å². The van der Waals surface area contributed by atoms with Crippen LogP contribution in [-0.2, 0) is 0 Å². The summed E-state index contributed by atoms with van der Waals surface area (Å²) >= 11 is 0. The molecule has 0 amide bonds. The highest BCUT2D eigenvalue weighted by Crippen LogP contribution is 2.27. The van der Waals surface area contributed by atoms with Gasteiger partial charge in [0, 0.05) is 17.7 Å². The second-order valence-electron chi connectivity index (χ2n) is 4.49. The molecule has 17 heavy (non-hydrogen) atoms. The Morgan fingerprint density at radius 1 is 1.47 bits per heavy atom. The van der Waals surface area contributed by atoms with E-state index in [9.17, 15) is 4.39 Å². The van der Waals surface area contributed by atoms with E-state index < -0.39 is 0 Å². The maximum Gasteiger partial charge on any atom is 0.127 e. The Hall–Kier alpha value is -1.35. The molecule has 2 atom stereocenters. The Bertz CT molecular complexity index is 415. The zero-order valence-corrected chi connectivity index (χ0v) is 10.0. The van der Waals surface area contributed by atoms with Crippen molar-refractivity contribution in [3.8, 4) is 5.75 Å². The van der Waals surface area contributed by atoms with Gasteiger partial charge in [0.25, 0.3) is 0 Å². The Labute approximate surface area is 101 Å². The Balaban J connectivity index is 2.20. The summed E-state index contributed by atoms with van der Waals surface area (Å²) in [4.78, 5) is 0. The standard InChI is InChI=1S/C14H18FNO/c1-10(16)13-8-7-11(15)9-14(13)17-12-5-3-2-4-6-12/h3,5,7-10,12H,2,4,6,16H2,1H3. The van der Waals surface area contributed by atoms with Crippen molar-refractivity contribution in [1.29, 1.82) is 0 Å². The first kappa shape index (κ1) is 12.1. The van der Waals surface area contributed by atoms with Crippen molar-refractivity contribution in [2.75, 3.05) is 0 Å². The molecule has 3 heteroatoms. The van der Waals surface area contributed by atoms with Crippen molar-refractivity contribution >= 4 is 0 Å². The lowest BCUT2D eigenvalue weighted by Crippen LogP contribution is -2.18. The zero-order chi connectivity index (χ0) is 12.3. The number of nitrogens with two attached hydrogens (primary N) is 1. The molecule has 0 aliphatic heterocycles. The van der Waals surface area contributed by atoms with Crippen molar-refractivity contribution in [3.63, 3.8) is 0 Å². The van der Waals surface area contributed by atoms with Crippen LogP contribution in [0.1, 0.15) is 37.8 Å². The zero-order valence-electron chi connectivity index (χ0n) is 10.0. The molecule has 0 saturated carbocycles. The van der Waals surface area contributed by atoms with Gasteiger partial charge in [-0.3, -0.25) is 0 Å². The van der Waals surface area contributed by atoms with Gasteiger partial charge in [-0.1, -0.05) is 12.1 Å². The summed E-state index contributed by atoms with van der Waals surface area (Å²) < 4.78 is 19.0. The normalized spacial score (nSPS) is 21.2. The molecule has 2 N–H and O–H groups in total. The summed E-state index contributed by atoms with van der Waals surface area (Å²) in [6.45, 7) is 1.87. The average Bonchev–Trinajstić information content (AvgIpc) is 2.30. The van der Waals surface area contributed by atoms with E-state index in [1.807, 2.05) is 13.0 Å². The fourth-order valence-electron chi connectivity index (χ4n) is 2.03. The molecule has 0 spiro atoms. The quantitative estimate of drug-likeness (QED) is 0.815. The molecule has 0 heterocycles. The van der Waals surface area contributed by atoms with Crippen molar-refractivity contribution in [1.82, 2.24) is 0 Å². The van der Waals surface area contributed by atoms with E-state index in [4.69, 9.17) is 10.5 Å². The third-order valence-electron chi connectivity index (χ3n) is 2.95. The van der Waals surface area contributed by atoms with E-state index in [1.54, 1.807) is 6.07 Å². The second-order valence-corrected chi connectivity index (χ2v) is 4.49. The van der Waals surface area contributed by atoms with Gasteiger partial charge in [-0.15, -0.1) is 0 Å². The predicted molar refractivity (Wildman–Crippen MR) is 66.4 cm³/mol. The minimum Gasteiger partial charge on any atom is -0.486 e. The molecular weight excluding hydrogens is 217 g/mol. The van der Waals surface area contributed by atoms with Gasteiger partial charge < -0.3 is 10.5 Å². The second kappa shape index (κ2) is 5.32. The molecule has 2 unspecified atom stereocenters. The molecule has 1 aliphatic rings. The summed E-state index contributed by atoms with van der Waals surface area (Å²) in [5, 5.41) is 0. The van der Waals surface area contributed by atoms with Crippen LogP contribution in [0.3, 0.4) is 0 Å². The maximum absolute atomic E-state index is 13.2. The molecule has 0 bridgehead atoms. The summed E-state index contributed by atoms with van der Waals surface area (Å²) in [5.41, 5.74) is 6.70. The van der Waals surface area contributed by atoms with Gasteiger partial charge in [0.05, 0.1) is 0 Å². The molecule has 0 saturated heterocycles. The molecule has 0 fully saturated rings. The maximum atomic E-state index is 13.2. The van der Waals surface area contributed by atoms with Crippen LogP contribution >= 0.6 is 0 Å². The summed E-state index contributed by atoms with van der Waals surface area (Å²) in [5.74, 6) is 0.278. The fraction of sp³-hybridized carbons (Fsp3) is 0.429. The number of hydrogen-bond donors (Lipinski definition) is 1. The SMILES string of the molecule is CC(N)c1ccc(F)cc1OC1C=CCCC1. The molecule has 1 aromatic carbocycles. The van der Waals surface area contributed by atoms with Crippen molar-refractivity contribution in [2.45, 2.75) is 38.3 Å². The predicted octanol–water partition coefficient (Wildman–Crippen LogP) is 3.33. The Kier molecular flexibility index (Phi) is 3.79. The number of allylic oxidation sites excluding steroid dienone is 1. The number of ether oxygens (including phenoxy) is 1. The van der Waals surface area contributed by atoms with Gasteiger partial charge in [-0.05, 0) is 38.3 Å². The molecule has 92 valence electrons. The molecule has 2 nitrogen and oxygen atoms in total. The van der Waals surface area contributed by atoms with Gasteiger partial charge in [0.15, 0.2) is 0 Å². The van der Waals surface area contributed by atoms with Crippen LogP contribution in [0.25, 0.3) is 0 Å². The van der Waals surface area contributed by atoms with Gasteiger partial charge in [0.1, 0.15) is 17.7 Å². The number of hydrogen-bond acceptors (Lipinski definition) is 2. The smallest absolute Gasteiger partial charge is 0.127 e. The summed E-state index contributed by atoms with van der Waals surface area (Å²) in [7, 11) is 0. The van der Waals surface area contributed by atoms with E-state index >= 15 is 0 Å². The van der Waals surface area contributed by atoms with Crippen molar-refractivity contribution in [2.24, 2.45) is 5.73 Å². The molecule has 1 aromatic rings. The van der Waals surface area contributed by atoms with Gasteiger partial charge in [-0.25, -0.2) is 4.39 Å². The molecule has 2 rings (SSSR count). The minimum absolute atomic E-state index is 0.0445. The average molecular weight is 235 g/mol. The van der Waals surface area contributed by atoms with Crippen LogP contribution < -0.4 is 10.5 Å². The highest BCUT2D eigenvalue weighted by molar-refractivity contribution is 5.36. The fourth-order valence-corrected chi connectivity index (χ4v) is 2.03. The summed E-state index contributed by atoms with van der Waals surface area (Å²) in [6, 6.07) is 4.38. The van der Waals surface area contributed by atoms with Crippen LogP contribution in [-0.4, -0.2) is 6.10 Å². The Morgan fingerprint density at radius 3 is 2.94 bits per heavy atom. The molecule has 0 radical (unpaired) electrons. The topological polar surface area (TPSA) is 35.2 Å². The van der Waals surface area contributed by atoms with Gasteiger partial charge >= 0.3 is 0 Å². The lowest BCUT2D eigenvalue weighted by atomic mass is 10.0. The number of benzene rings is 1. The minimum atomic E-state index is -0.288. The van der Waals surface area contributed by atoms with Gasteiger partial charge in [0.2, 0.25) is 0 Å². The number of halogens is 1. The summed E-state index contributed by atoms with van der Waals surface area (Å²) in [6.07, 6.45) is 7.39. The van der Waals surface area contributed by atoms with Crippen molar-refractivity contribution < 1.29 is 9.13 Å². The Morgan fingerprint density at radius 2 is 2.29 bits per heavy atom. The monoisotopic (exact) mass is 235 g/mol. The van der Waals surface area contributed by atoms with E-state index in [0.717, 1.165) is 24.8 Å². The number of rotatable bonds is 3. The van der Waals surface area contributed by atoms with Crippen molar-refractivity contribution in [3.05, 3.63) is 41.7 Å². The first-order chi connectivity index (χ1) is 8.16. The van der Waals surface area contributed by atoms with Crippen LogP contribution in [0, 0.1) is 5.82 Å². The first-order valence-electron chi connectivity index (χ1n) is 6.05. The van der Waals surface area contributed by atoms with Crippen LogP contribution in [0.4, 0.5) is 4.39 Å². The third-order valence-corrected chi connectivity index (χ3v) is 2.95. The lowest BCUT2D eigenvalue weighted by molar-refractivity contribution is 0.226. The van der Waals surface area contributed by atoms with Crippen LogP contribution in [0.2, 0.25) is 0 Å². The van der Waals surface area contributed by atoms with Crippen LogP contribution in [0.5, 0.6) is 5.75 Å². The van der Waals surface area contributed by atoms with E-state index in [0.29, 0.717) is 5.75 Å². The molecule has 0 aromatic heterocycles. The highest BCUT2D eigenvalue weighted by atomic mass is 19.1. The van der Waals surface area contributed by atoms with Crippen LogP contribution in [0.15, 0.2) is 30.4 Å². The van der Waals surface area contributed by atoms with E-state index in [2.05, 4.69) is 6.08 Å². The third kappa shape index (κ3) is 3.07. The lowest BCUT2D eigenvalue weighted by Gasteiger charge is -2.21. The molecule has 1 aliphatic carbocycles. The largest absolute Gasteiger partial charge is 0.486 e. The first-order valence-corrected chi connectivity index (χ1v) is 6.05.